The highest BCUT2D eigenvalue weighted by Crippen LogP contribution is 2.27. The zero-order valence-corrected chi connectivity index (χ0v) is 9.78. The lowest BCUT2D eigenvalue weighted by Gasteiger charge is -2.25. The van der Waals surface area contributed by atoms with Crippen LogP contribution in [-0.2, 0) is 4.79 Å². The van der Waals surface area contributed by atoms with Gasteiger partial charge >= 0.3 is 0 Å². The van der Waals surface area contributed by atoms with E-state index in [1.165, 1.54) is 0 Å². The van der Waals surface area contributed by atoms with Crippen LogP contribution in [-0.4, -0.2) is 29.4 Å². The molecule has 86 valence electrons. The molecule has 1 atom stereocenters. The van der Waals surface area contributed by atoms with E-state index in [0.29, 0.717) is 18.5 Å². The maximum absolute atomic E-state index is 12.0. The Morgan fingerprint density at radius 1 is 1.60 bits per heavy atom. The van der Waals surface area contributed by atoms with E-state index in [2.05, 4.69) is 20.4 Å². The minimum absolute atomic E-state index is 0.0890. The van der Waals surface area contributed by atoms with Crippen LogP contribution in [0.25, 0.3) is 0 Å². The van der Waals surface area contributed by atoms with Gasteiger partial charge in [-0.1, -0.05) is 19.9 Å². The largest absolute Gasteiger partial charge is 0.335 e. The number of hydrogen-bond donors (Lipinski definition) is 1. The normalized spacial score (nSPS) is 17.6. The van der Waals surface area contributed by atoms with Crippen molar-refractivity contribution in [1.82, 2.24) is 4.90 Å². The van der Waals surface area contributed by atoms with Crippen LogP contribution in [0.4, 0.5) is 0 Å². The SMILES string of the molecule is C=CCN(C(=O)[C@H](N)CC(C)C)C1CC1. The number of carbonyl (C=O) groups is 1. The number of hydrogen-bond acceptors (Lipinski definition) is 2. The average Bonchev–Trinajstić information content (AvgIpc) is 2.95. The van der Waals surface area contributed by atoms with Gasteiger partial charge in [0.05, 0.1) is 6.04 Å². The Balaban J connectivity index is 2.50. The van der Waals surface area contributed by atoms with Crippen molar-refractivity contribution in [2.24, 2.45) is 11.7 Å². The summed E-state index contributed by atoms with van der Waals surface area (Å²) >= 11 is 0. The van der Waals surface area contributed by atoms with E-state index in [0.717, 1.165) is 19.3 Å². The first-order valence-electron chi connectivity index (χ1n) is 5.73. The van der Waals surface area contributed by atoms with E-state index < -0.39 is 0 Å². The summed E-state index contributed by atoms with van der Waals surface area (Å²) in [6.45, 7) is 8.48. The molecule has 0 aromatic rings. The Hall–Kier alpha value is -0.830. The fourth-order valence-corrected chi connectivity index (χ4v) is 1.77. The molecule has 3 nitrogen and oxygen atoms in total. The van der Waals surface area contributed by atoms with Crippen molar-refractivity contribution in [3.05, 3.63) is 12.7 Å². The molecule has 15 heavy (non-hydrogen) atoms. The zero-order valence-electron chi connectivity index (χ0n) is 9.78. The maximum atomic E-state index is 12.0. The summed E-state index contributed by atoms with van der Waals surface area (Å²) in [6.07, 6.45) is 4.78. The molecule has 0 bridgehead atoms. The molecule has 0 heterocycles. The highest BCUT2D eigenvalue weighted by Gasteiger charge is 2.33. The first-order chi connectivity index (χ1) is 7.06. The molecule has 0 aromatic carbocycles. The van der Waals surface area contributed by atoms with E-state index in [-0.39, 0.29) is 11.9 Å². The molecule has 1 rings (SSSR count). The first-order valence-corrected chi connectivity index (χ1v) is 5.73. The molecule has 2 N–H and O–H groups in total. The second-order valence-electron chi connectivity index (χ2n) is 4.75. The molecule has 0 spiro atoms. The number of rotatable bonds is 6. The summed E-state index contributed by atoms with van der Waals surface area (Å²) in [5, 5.41) is 0. The number of amides is 1. The lowest BCUT2D eigenvalue weighted by Crippen LogP contribution is -2.45. The van der Waals surface area contributed by atoms with E-state index in [9.17, 15) is 4.79 Å². The van der Waals surface area contributed by atoms with Gasteiger partial charge in [0.1, 0.15) is 0 Å². The highest BCUT2D eigenvalue weighted by atomic mass is 16.2. The van der Waals surface area contributed by atoms with E-state index in [4.69, 9.17) is 5.73 Å². The van der Waals surface area contributed by atoms with Crippen LogP contribution in [0.2, 0.25) is 0 Å². The third-order valence-electron chi connectivity index (χ3n) is 2.64. The van der Waals surface area contributed by atoms with Crippen molar-refractivity contribution >= 4 is 5.91 Å². The van der Waals surface area contributed by atoms with Crippen LogP contribution in [0.15, 0.2) is 12.7 Å². The summed E-state index contributed by atoms with van der Waals surface area (Å²) in [7, 11) is 0. The molecule has 0 aromatic heterocycles. The van der Waals surface area contributed by atoms with Crippen molar-refractivity contribution in [2.75, 3.05) is 6.54 Å². The van der Waals surface area contributed by atoms with Gasteiger partial charge in [0, 0.05) is 12.6 Å². The van der Waals surface area contributed by atoms with Gasteiger partial charge in [-0.05, 0) is 25.2 Å². The second kappa shape index (κ2) is 5.31. The van der Waals surface area contributed by atoms with E-state index in [1.54, 1.807) is 6.08 Å². The number of carbonyl (C=O) groups excluding carboxylic acids is 1. The van der Waals surface area contributed by atoms with Crippen molar-refractivity contribution in [1.29, 1.82) is 0 Å². The highest BCUT2D eigenvalue weighted by molar-refractivity contribution is 5.82. The Bertz CT molecular complexity index is 234. The van der Waals surface area contributed by atoms with Gasteiger partial charge in [0.15, 0.2) is 0 Å². The Morgan fingerprint density at radius 3 is 2.60 bits per heavy atom. The topological polar surface area (TPSA) is 46.3 Å². The maximum Gasteiger partial charge on any atom is 0.240 e. The fraction of sp³-hybridized carbons (Fsp3) is 0.750. The van der Waals surface area contributed by atoms with Gasteiger partial charge in [0.2, 0.25) is 5.91 Å². The van der Waals surface area contributed by atoms with Crippen LogP contribution in [0.3, 0.4) is 0 Å². The molecule has 1 aliphatic carbocycles. The molecule has 0 aliphatic heterocycles. The Labute approximate surface area is 92.3 Å². The van der Waals surface area contributed by atoms with Crippen LogP contribution in [0.5, 0.6) is 0 Å². The van der Waals surface area contributed by atoms with Gasteiger partial charge in [-0.2, -0.15) is 0 Å². The molecule has 1 amide bonds. The molecule has 1 saturated carbocycles. The summed E-state index contributed by atoms with van der Waals surface area (Å²) < 4.78 is 0. The van der Waals surface area contributed by atoms with Gasteiger partial charge < -0.3 is 10.6 Å². The molecule has 0 unspecified atom stereocenters. The van der Waals surface area contributed by atoms with Crippen molar-refractivity contribution in [3.8, 4) is 0 Å². The third kappa shape index (κ3) is 3.67. The Kier molecular flexibility index (Phi) is 4.33. The summed E-state index contributed by atoms with van der Waals surface area (Å²) in [4.78, 5) is 13.9. The van der Waals surface area contributed by atoms with Gasteiger partial charge in [0.25, 0.3) is 0 Å². The smallest absolute Gasteiger partial charge is 0.240 e. The van der Waals surface area contributed by atoms with Crippen molar-refractivity contribution in [2.45, 2.75) is 45.2 Å². The van der Waals surface area contributed by atoms with Crippen LogP contribution < -0.4 is 5.73 Å². The lowest BCUT2D eigenvalue weighted by atomic mass is 10.0. The predicted octanol–water partition coefficient (Wildman–Crippen LogP) is 1.54. The minimum Gasteiger partial charge on any atom is -0.335 e. The molecule has 1 aliphatic rings. The van der Waals surface area contributed by atoms with E-state index in [1.807, 2.05) is 4.90 Å². The number of nitrogens with two attached hydrogens (primary N) is 1. The molecule has 3 heteroatoms. The molecular weight excluding hydrogens is 188 g/mol. The van der Waals surface area contributed by atoms with E-state index >= 15 is 0 Å². The molecule has 0 saturated heterocycles. The van der Waals surface area contributed by atoms with Gasteiger partial charge in [-0.15, -0.1) is 6.58 Å². The zero-order chi connectivity index (χ0) is 11.4. The minimum atomic E-state index is -0.342. The fourth-order valence-electron chi connectivity index (χ4n) is 1.77. The predicted molar refractivity (Wildman–Crippen MR) is 62.4 cm³/mol. The van der Waals surface area contributed by atoms with Crippen molar-refractivity contribution in [3.63, 3.8) is 0 Å². The average molecular weight is 210 g/mol. The third-order valence-corrected chi connectivity index (χ3v) is 2.64. The van der Waals surface area contributed by atoms with Gasteiger partial charge in [-0.25, -0.2) is 0 Å². The van der Waals surface area contributed by atoms with Crippen molar-refractivity contribution < 1.29 is 4.79 Å². The lowest BCUT2D eigenvalue weighted by molar-refractivity contribution is -0.133. The molecule has 1 fully saturated rings. The first kappa shape index (κ1) is 12.2. The monoisotopic (exact) mass is 210 g/mol. The summed E-state index contributed by atoms with van der Waals surface area (Å²) in [6, 6.07) is 0.0827. The van der Waals surface area contributed by atoms with Crippen LogP contribution >= 0.6 is 0 Å². The second-order valence-corrected chi connectivity index (χ2v) is 4.75. The van der Waals surface area contributed by atoms with Crippen LogP contribution in [0, 0.1) is 5.92 Å². The Morgan fingerprint density at radius 2 is 2.20 bits per heavy atom. The van der Waals surface area contributed by atoms with Gasteiger partial charge in [-0.3, -0.25) is 4.79 Å². The standard InChI is InChI=1S/C12H22N2O/c1-4-7-14(10-5-6-10)12(15)11(13)8-9(2)3/h4,9-11H,1,5-8,13H2,2-3H3/t11-/m1/s1. The molecular formula is C12H22N2O. The number of nitrogens with zero attached hydrogens (tertiary/aromatic N) is 1. The van der Waals surface area contributed by atoms with Crippen LogP contribution in [0.1, 0.15) is 33.1 Å². The quantitative estimate of drug-likeness (QED) is 0.676. The summed E-state index contributed by atoms with van der Waals surface area (Å²) in [5.74, 6) is 0.555. The summed E-state index contributed by atoms with van der Waals surface area (Å²) in [5.41, 5.74) is 5.89. The molecule has 0 radical (unpaired) electrons.